The van der Waals surface area contributed by atoms with E-state index in [-0.39, 0.29) is 11.7 Å². The van der Waals surface area contributed by atoms with Gasteiger partial charge in [-0.05, 0) is 56.2 Å². The number of anilines is 1. The van der Waals surface area contributed by atoms with E-state index in [0.717, 1.165) is 21.5 Å². The zero-order valence-electron chi connectivity index (χ0n) is 16.4. The van der Waals surface area contributed by atoms with Crippen LogP contribution in [-0.2, 0) is 4.79 Å². The van der Waals surface area contributed by atoms with Crippen LogP contribution in [0.2, 0.25) is 0 Å². The highest BCUT2D eigenvalue weighted by atomic mass is 32.2. The highest BCUT2D eigenvalue weighted by molar-refractivity contribution is 7.99. The molecule has 29 heavy (non-hydrogen) atoms. The van der Waals surface area contributed by atoms with Crippen LogP contribution >= 0.6 is 23.1 Å². The van der Waals surface area contributed by atoms with Crippen molar-refractivity contribution in [2.45, 2.75) is 25.8 Å². The highest BCUT2D eigenvalue weighted by Crippen LogP contribution is 2.27. The number of rotatable bonds is 5. The van der Waals surface area contributed by atoms with Crippen molar-refractivity contribution >= 4 is 44.4 Å². The van der Waals surface area contributed by atoms with Gasteiger partial charge in [-0.2, -0.15) is 0 Å². The van der Waals surface area contributed by atoms with Gasteiger partial charge >= 0.3 is 0 Å². The number of thioether (sulfide) groups is 1. The Bertz CT molecular complexity index is 1190. The topological polar surface area (TPSA) is 67.8 Å². The number of aromatic nitrogens is 3. The van der Waals surface area contributed by atoms with Crippen molar-refractivity contribution in [2.75, 3.05) is 11.1 Å². The number of fused-ring (bicyclic) bond motifs is 1. The summed E-state index contributed by atoms with van der Waals surface area (Å²) in [5.41, 5.74) is 6.38. The molecule has 0 aliphatic rings. The van der Waals surface area contributed by atoms with Gasteiger partial charge in [0.1, 0.15) is 5.03 Å². The second-order valence-electron chi connectivity index (χ2n) is 6.90. The molecule has 0 spiro atoms. The zero-order chi connectivity index (χ0) is 20.4. The maximum atomic E-state index is 12.3. The van der Waals surface area contributed by atoms with Crippen molar-refractivity contribution < 1.29 is 4.79 Å². The number of thiazole rings is 1. The minimum Gasteiger partial charge on any atom is -0.301 e. The fraction of sp³-hybridized carbons (Fsp3) is 0.182. The Labute approximate surface area is 177 Å². The van der Waals surface area contributed by atoms with Crippen LogP contribution in [0.25, 0.3) is 21.5 Å². The molecule has 0 aliphatic carbocycles. The molecule has 0 fully saturated rings. The van der Waals surface area contributed by atoms with Crippen molar-refractivity contribution in [3.8, 4) is 11.3 Å². The molecule has 7 heteroatoms. The van der Waals surface area contributed by atoms with Gasteiger partial charge in [-0.25, -0.2) is 4.98 Å². The molecule has 1 amide bonds. The quantitative estimate of drug-likeness (QED) is 0.437. The molecule has 0 aliphatic heterocycles. The molecule has 0 unspecified atom stereocenters. The van der Waals surface area contributed by atoms with Gasteiger partial charge < -0.3 is 5.32 Å². The molecule has 0 radical (unpaired) electrons. The largest absolute Gasteiger partial charge is 0.301 e. The van der Waals surface area contributed by atoms with E-state index in [9.17, 15) is 4.79 Å². The van der Waals surface area contributed by atoms with Gasteiger partial charge in [0.05, 0.1) is 21.7 Å². The molecule has 0 saturated heterocycles. The van der Waals surface area contributed by atoms with Gasteiger partial charge in [0, 0.05) is 5.56 Å². The van der Waals surface area contributed by atoms with Gasteiger partial charge in [-0.3, -0.25) is 4.79 Å². The third-order valence-electron chi connectivity index (χ3n) is 4.44. The van der Waals surface area contributed by atoms with Crippen LogP contribution in [0.1, 0.15) is 16.7 Å². The summed E-state index contributed by atoms with van der Waals surface area (Å²) in [4.78, 5) is 16.7. The summed E-state index contributed by atoms with van der Waals surface area (Å²) >= 11 is 2.84. The Kier molecular flexibility index (Phi) is 5.60. The van der Waals surface area contributed by atoms with Crippen molar-refractivity contribution in [1.29, 1.82) is 0 Å². The van der Waals surface area contributed by atoms with E-state index in [1.54, 1.807) is 0 Å². The number of hydrogen-bond acceptors (Lipinski definition) is 6. The molecule has 2 aromatic heterocycles. The fourth-order valence-electron chi connectivity index (χ4n) is 3.02. The summed E-state index contributed by atoms with van der Waals surface area (Å²) in [5.74, 6) is 0.151. The normalized spacial score (nSPS) is 11.0. The summed E-state index contributed by atoms with van der Waals surface area (Å²) in [6.07, 6.45) is 0. The number of carbonyl (C=O) groups is 1. The lowest BCUT2D eigenvalue weighted by molar-refractivity contribution is -0.113. The summed E-state index contributed by atoms with van der Waals surface area (Å²) < 4.78 is 1.07. The average molecular weight is 421 g/mol. The van der Waals surface area contributed by atoms with Gasteiger partial charge in [0.25, 0.3) is 0 Å². The fourth-order valence-corrected chi connectivity index (χ4v) is 4.62. The van der Waals surface area contributed by atoms with Crippen molar-refractivity contribution in [3.05, 3.63) is 65.2 Å². The summed E-state index contributed by atoms with van der Waals surface area (Å²) in [7, 11) is 0. The van der Waals surface area contributed by atoms with Crippen molar-refractivity contribution in [2.24, 2.45) is 0 Å². The van der Waals surface area contributed by atoms with Crippen molar-refractivity contribution in [3.63, 3.8) is 0 Å². The third kappa shape index (κ3) is 4.63. The molecule has 0 saturated carbocycles. The minimum atomic E-state index is -0.106. The Hall–Kier alpha value is -2.77. The molecule has 146 valence electrons. The van der Waals surface area contributed by atoms with Gasteiger partial charge in [-0.15, -0.1) is 10.2 Å². The van der Waals surface area contributed by atoms with E-state index in [1.165, 1.54) is 39.8 Å². The van der Waals surface area contributed by atoms with E-state index >= 15 is 0 Å². The standard InChI is InChI=1S/C22H20N4OS2/c1-13-4-6-16(15(3)10-13)17-8-9-21(26-25-17)28-12-20(27)24-22-23-18-7-5-14(2)11-19(18)29-22/h4-11H,12H2,1-3H3,(H,23,24,27). The zero-order valence-corrected chi connectivity index (χ0v) is 18.0. The predicted octanol–water partition coefficient (Wildman–Crippen LogP) is 5.41. The van der Waals surface area contributed by atoms with Crippen LogP contribution < -0.4 is 5.32 Å². The first-order chi connectivity index (χ1) is 14.0. The molecule has 0 bridgehead atoms. The van der Waals surface area contributed by atoms with Crippen LogP contribution in [0.4, 0.5) is 5.13 Å². The Morgan fingerprint density at radius 1 is 1.00 bits per heavy atom. The number of carbonyl (C=O) groups excluding carboxylic acids is 1. The first kappa shape index (κ1) is 19.5. The summed E-state index contributed by atoms with van der Waals surface area (Å²) in [6, 6.07) is 16.2. The van der Waals surface area contributed by atoms with E-state index in [2.05, 4.69) is 58.6 Å². The van der Waals surface area contributed by atoms with Crippen molar-refractivity contribution in [1.82, 2.24) is 15.2 Å². The third-order valence-corrected chi connectivity index (χ3v) is 6.29. The number of amides is 1. The van der Waals surface area contributed by atoms with E-state index < -0.39 is 0 Å². The van der Waals surface area contributed by atoms with Crippen LogP contribution in [0, 0.1) is 20.8 Å². The number of nitrogens with one attached hydrogen (secondary N) is 1. The smallest absolute Gasteiger partial charge is 0.236 e. The summed E-state index contributed by atoms with van der Waals surface area (Å²) in [5, 5.41) is 12.8. The molecule has 4 aromatic rings. The minimum absolute atomic E-state index is 0.106. The lowest BCUT2D eigenvalue weighted by atomic mass is 10.0. The molecule has 4 rings (SSSR count). The van der Waals surface area contributed by atoms with Gasteiger partial charge in [0.15, 0.2) is 5.13 Å². The first-order valence-electron chi connectivity index (χ1n) is 9.19. The maximum Gasteiger partial charge on any atom is 0.236 e. The number of hydrogen-bond donors (Lipinski definition) is 1. The van der Waals surface area contributed by atoms with Gasteiger partial charge in [0.2, 0.25) is 5.91 Å². The number of nitrogens with zero attached hydrogens (tertiary/aromatic N) is 3. The second kappa shape index (κ2) is 8.31. The lowest BCUT2D eigenvalue weighted by Gasteiger charge is -2.06. The highest BCUT2D eigenvalue weighted by Gasteiger charge is 2.10. The predicted molar refractivity (Wildman–Crippen MR) is 121 cm³/mol. The van der Waals surface area contributed by atoms with Crippen LogP contribution in [0.3, 0.4) is 0 Å². The molecule has 1 N–H and O–H groups in total. The molecule has 2 aromatic carbocycles. The average Bonchev–Trinajstić information content (AvgIpc) is 3.08. The monoisotopic (exact) mass is 420 g/mol. The van der Waals surface area contributed by atoms with Gasteiger partial charge in [-0.1, -0.05) is 52.9 Å². The second-order valence-corrected chi connectivity index (χ2v) is 8.93. The SMILES string of the molecule is Cc1ccc(-c2ccc(SCC(=O)Nc3nc4ccc(C)cc4s3)nn2)c(C)c1. The Balaban J connectivity index is 1.37. The Morgan fingerprint density at radius 2 is 1.79 bits per heavy atom. The van der Waals surface area contributed by atoms with Crippen LogP contribution in [0.15, 0.2) is 53.6 Å². The molecular weight excluding hydrogens is 400 g/mol. The Morgan fingerprint density at radius 3 is 2.55 bits per heavy atom. The lowest BCUT2D eigenvalue weighted by Crippen LogP contribution is -2.13. The molecular formula is C22H20N4OS2. The molecule has 0 atom stereocenters. The van der Waals surface area contributed by atoms with Crippen LogP contribution in [0.5, 0.6) is 0 Å². The maximum absolute atomic E-state index is 12.3. The molecule has 5 nitrogen and oxygen atoms in total. The van der Waals surface area contributed by atoms with Crippen LogP contribution in [-0.4, -0.2) is 26.8 Å². The van der Waals surface area contributed by atoms with E-state index in [1.807, 2.05) is 31.2 Å². The molecule has 2 heterocycles. The van der Waals surface area contributed by atoms with E-state index in [4.69, 9.17) is 0 Å². The first-order valence-corrected chi connectivity index (χ1v) is 11.0. The summed E-state index contributed by atoms with van der Waals surface area (Å²) in [6.45, 7) is 6.18. The number of benzene rings is 2. The number of aryl methyl sites for hydroxylation is 3. The van der Waals surface area contributed by atoms with E-state index in [0.29, 0.717) is 10.2 Å².